The number of benzene rings is 3. The molecule has 1 aliphatic rings. The highest BCUT2D eigenvalue weighted by Crippen LogP contribution is 2.27. The van der Waals surface area contributed by atoms with Gasteiger partial charge in [0.05, 0.1) is 0 Å². The number of fused-ring (bicyclic) bond motifs is 2. The van der Waals surface area contributed by atoms with Crippen LogP contribution in [-0.2, 0) is 6.54 Å². The third-order valence-corrected chi connectivity index (χ3v) is 6.27. The smallest absolute Gasteiger partial charge is 0.270 e. The summed E-state index contributed by atoms with van der Waals surface area (Å²) in [7, 11) is 0. The second-order valence-electron chi connectivity index (χ2n) is 8.34. The lowest BCUT2D eigenvalue weighted by atomic mass is 10.0. The van der Waals surface area contributed by atoms with Crippen LogP contribution < -0.4 is 11.1 Å². The van der Waals surface area contributed by atoms with Crippen molar-refractivity contribution in [3.63, 3.8) is 0 Å². The first-order chi connectivity index (χ1) is 15.6. The molecule has 3 aromatic carbocycles. The molecule has 1 aromatic heterocycles. The molecule has 1 fully saturated rings. The minimum atomic E-state index is 0.0243. The molecule has 4 aromatic rings. The summed E-state index contributed by atoms with van der Waals surface area (Å²) in [5, 5.41) is 14.6. The molecule has 4 N–H and O–H groups in total. The Morgan fingerprint density at radius 3 is 2.69 bits per heavy atom. The molecule has 1 saturated heterocycles. The molecule has 5 rings (SSSR count). The number of nitrogens with two attached hydrogens (primary N) is 1. The Bertz CT molecular complexity index is 1310. The fourth-order valence-corrected chi connectivity index (χ4v) is 4.58. The van der Waals surface area contributed by atoms with Gasteiger partial charge in [-0.3, -0.25) is 10.2 Å². The van der Waals surface area contributed by atoms with Crippen molar-refractivity contribution in [1.29, 1.82) is 5.41 Å². The quantitative estimate of drug-likeness (QED) is 0.345. The number of aromatic nitrogens is 1. The Labute approximate surface area is 187 Å². The van der Waals surface area contributed by atoms with Crippen LogP contribution >= 0.6 is 0 Å². The van der Waals surface area contributed by atoms with Gasteiger partial charge in [0.2, 0.25) is 0 Å². The van der Waals surface area contributed by atoms with Gasteiger partial charge in [0.25, 0.3) is 5.91 Å². The molecule has 32 heavy (non-hydrogen) atoms. The molecule has 0 spiro atoms. The van der Waals surface area contributed by atoms with Gasteiger partial charge in [-0.05, 0) is 41.4 Å². The van der Waals surface area contributed by atoms with Crippen molar-refractivity contribution in [2.45, 2.75) is 13.0 Å². The maximum atomic E-state index is 13.6. The van der Waals surface area contributed by atoms with Crippen molar-refractivity contribution in [2.75, 3.05) is 26.2 Å². The number of nitrogens with one attached hydrogen (secondary N) is 2. The number of carbonyl (C=O) groups excluding carboxylic acids is 1. The third kappa shape index (κ3) is 3.74. The Morgan fingerprint density at radius 2 is 1.81 bits per heavy atom. The Morgan fingerprint density at radius 1 is 0.969 bits per heavy atom. The van der Waals surface area contributed by atoms with Crippen LogP contribution in [0.4, 0.5) is 0 Å². The number of amidine groups is 1. The number of nitrogen functional groups attached to an aromatic ring is 1. The van der Waals surface area contributed by atoms with Gasteiger partial charge in [0.1, 0.15) is 11.5 Å². The van der Waals surface area contributed by atoms with E-state index in [9.17, 15) is 4.79 Å². The van der Waals surface area contributed by atoms with Crippen molar-refractivity contribution in [3.05, 3.63) is 83.6 Å². The average Bonchev–Trinajstić information content (AvgIpc) is 2.97. The molecular formula is C26H27N5O. The summed E-state index contributed by atoms with van der Waals surface area (Å²) in [6.07, 6.45) is 0.948. The molecule has 1 amide bonds. The van der Waals surface area contributed by atoms with E-state index in [0.717, 1.165) is 42.5 Å². The average molecular weight is 426 g/mol. The highest BCUT2D eigenvalue weighted by Gasteiger charge is 2.23. The maximum absolute atomic E-state index is 13.6. The molecule has 0 saturated carbocycles. The second-order valence-corrected chi connectivity index (χ2v) is 8.34. The van der Waals surface area contributed by atoms with E-state index in [1.54, 1.807) is 0 Å². The second kappa shape index (κ2) is 8.48. The van der Waals surface area contributed by atoms with Crippen LogP contribution in [0.2, 0.25) is 0 Å². The molecule has 162 valence electrons. The summed E-state index contributed by atoms with van der Waals surface area (Å²) >= 11 is 0. The number of nitrogens with zero attached hydrogens (tertiary/aromatic N) is 2. The number of carbonyl (C=O) groups is 1. The Balaban J connectivity index is 1.65. The van der Waals surface area contributed by atoms with E-state index in [4.69, 9.17) is 11.1 Å². The van der Waals surface area contributed by atoms with Gasteiger partial charge >= 0.3 is 0 Å². The fraction of sp³-hybridized carbons (Fsp3) is 0.231. The van der Waals surface area contributed by atoms with E-state index in [1.165, 1.54) is 10.8 Å². The van der Waals surface area contributed by atoms with Crippen molar-refractivity contribution in [2.24, 2.45) is 5.73 Å². The van der Waals surface area contributed by atoms with Crippen molar-refractivity contribution >= 4 is 33.4 Å². The number of amides is 1. The largest absolute Gasteiger partial charge is 0.384 e. The van der Waals surface area contributed by atoms with E-state index in [1.807, 2.05) is 41.3 Å². The topological polar surface area (TPSA) is 87.1 Å². The van der Waals surface area contributed by atoms with Crippen LogP contribution in [0.3, 0.4) is 0 Å². The van der Waals surface area contributed by atoms with Gasteiger partial charge in [-0.25, -0.2) is 0 Å². The molecule has 6 heteroatoms. The van der Waals surface area contributed by atoms with Gasteiger partial charge in [0.15, 0.2) is 0 Å². The van der Waals surface area contributed by atoms with Crippen LogP contribution in [-0.4, -0.2) is 47.4 Å². The standard InChI is InChI=1S/C26H27N5O/c27-25(28)20-10-9-19-15-24(26(32)30-13-4-11-29-12-14-30)31(23(19)16-20)17-21-7-3-6-18-5-1-2-8-22(18)21/h1-3,5-10,15-16,29H,4,11-14,17H2,(H3,27,28). The van der Waals surface area contributed by atoms with Crippen molar-refractivity contribution in [3.8, 4) is 0 Å². The van der Waals surface area contributed by atoms with E-state index in [0.29, 0.717) is 24.3 Å². The van der Waals surface area contributed by atoms with Gasteiger partial charge in [-0.2, -0.15) is 0 Å². The van der Waals surface area contributed by atoms with Crippen LogP contribution in [0.1, 0.15) is 28.0 Å². The van der Waals surface area contributed by atoms with Crippen LogP contribution in [0.15, 0.2) is 66.7 Å². The normalized spacial score (nSPS) is 14.6. The summed E-state index contributed by atoms with van der Waals surface area (Å²) < 4.78 is 2.09. The summed E-state index contributed by atoms with van der Waals surface area (Å²) in [6, 6.07) is 22.3. The zero-order valence-corrected chi connectivity index (χ0v) is 18.0. The number of hydrogen-bond donors (Lipinski definition) is 3. The first kappa shape index (κ1) is 20.3. The summed E-state index contributed by atoms with van der Waals surface area (Å²) in [5.74, 6) is 0.0748. The van der Waals surface area contributed by atoms with Crippen LogP contribution in [0, 0.1) is 5.41 Å². The molecule has 0 radical (unpaired) electrons. The molecular weight excluding hydrogens is 398 g/mol. The predicted octanol–water partition coefficient (Wildman–Crippen LogP) is 3.56. The van der Waals surface area contributed by atoms with Crippen molar-refractivity contribution < 1.29 is 4.79 Å². The zero-order chi connectivity index (χ0) is 22.1. The number of rotatable bonds is 4. The molecule has 0 bridgehead atoms. The van der Waals surface area contributed by atoms with Crippen LogP contribution in [0.5, 0.6) is 0 Å². The first-order valence-corrected chi connectivity index (χ1v) is 11.1. The van der Waals surface area contributed by atoms with Crippen molar-refractivity contribution in [1.82, 2.24) is 14.8 Å². The fourth-order valence-electron chi connectivity index (χ4n) is 4.58. The van der Waals surface area contributed by atoms with Gasteiger partial charge in [-0.15, -0.1) is 0 Å². The Hall–Kier alpha value is -3.64. The lowest BCUT2D eigenvalue weighted by Gasteiger charge is -2.21. The lowest BCUT2D eigenvalue weighted by Crippen LogP contribution is -2.35. The lowest BCUT2D eigenvalue weighted by molar-refractivity contribution is 0.0756. The summed E-state index contributed by atoms with van der Waals surface area (Å²) in [6.45, 7) is 3.77. The number of hydrogen-bond acceptors (Lipinski definition) is 3. The SMILES string of the molecule is N=C(N)c1ccc2cc(C(=O)N3CCCNCC3)n(Cc3cccc4ccccc34)c2c1. The first-order valence-electron chi connectivity index (χ1n) is 11.1. The summed E-state index contributed by atoms with van der Waals surface area (Å²) in [4.78, 5) is 15.6. The predicted molar refractivity (Wildman–Crippen MR) is 129 cm³/mol. The van der Waals surface area contributed by atoms with E-state index in [-0.39, 0.29) is 11.7 Å². The molecule has 0 atom stereocenters. The third-order valence-electron chi connectivity index (χ3n) is 6.27. The van der Waals surface area contributed by atoms with E-state index < -0.39 is 0 Å². The molecule has 6 nitrogen and oxygen atoms in total. The van der Waals surface area contributed by atoms with E-state index >= 15 is 0 Å². The minimum absolute atomic E-state index is 0.0243. The molecule has 0 unspecified atom stereocenters. The minimum Gasteiger partial charge on any atom is -0.384 e. The zero-order valence-electron chi connectivity index (χ0n) is 18.0. The van der Waals surface area contributed by atoms with Gasteiger partial charge in [-0.1, -0.05) is 54.6 Å². The van der Waals surface area contributed by atoms with Gasteiger partial charge < -0.3 is 20.5 Å². The molecule has 2 heterocycles. The van der Waals surface area contributed by atoms with Gasteiger partial charge in [0, 0.05) is 42.6 Å². The van der Waals surface area contributed by atoms with E-state index in [2.05, 4.69) is 40.2 Å². The summed E-state index contributed by atoms with van der Waals surface area (Å²) in [5.41, 5.74) is 9.18. The molecule has 0 aliphatic carbocycles. The highest BCUT2D eigenvalue weighted by atomic mass is 16.2. The maximum Gasteiger partial charge on any atom is 0.270 e. The monoisotopic (exact) mass is 425 g/mol. The Kier molecular flexibility index (Phi) is 5.37. The highest BCUT2D eigenvalue weighted by molar-refractivity contribution is 6.02. The van der Waals surface area contributed by atoms with Crippen LogP contribution in [0.25, 0.3) is 21.7 Å². The molecule has 1 aliphatic heterocycles.